The summed E-state index contributed by atoms with van der Waals surface area (Å²) in [5.74, 6) is -0.746. The van der Waals surface area contributed by atoms with Gasteiger partial charge in [0.2, 0.25) is 0 Å². The van der Waals surface area contributed by atoms with Crippen LogP contribution >= 0.6 is 0 Å². The Balaban J connectivity index is 2.32. The number of Topliss-reactive ketones (excluding diaryl/α,β-unsaturated/α-hetero) is 1. The summed E-state index contributed by atoms with van der Waals surface area (Å²) in [4.78, 5) is 24.7. The minimum atomic E-state index is -0.440. The number of ketones is 1. The molecular formula is C12H11NO3. The maximum atomic E-state index is 11.8. The molecule has 1 aliphatic heterocycles. The summed E-state index contributed by atoms with van der Waals surface area (Å²) >= 11 is 0. The van der Waals surface area contributed by atoms with Crippen molar-refractivity contribution in [1.82, 2.24) is 0 Å². The summed E-state index contributed by atoms with van der Waals surface area (Å²) in [6, 6.07) is 9.08. The second kappa shape index (κ2) is 4.18. The van der Waals surface area contributed by atoms with Crippen molar-refractivity contribution in [2.45, 2.75) is 6.42 Å². The zero-order valence-corrected chi connectivity index (χ0v) is 8.59. The van der Waals surface area contributed by atoms with E-state index < -0.39 is 5.91 Å². The molecule has 16 heavy (non-hydrogen) atoms. The summed E-state index contributed by atoms with van der Waals surface area (Å²) in [5.41, 5.74) is 0.592. The fourth-order valence-corrected chi connectivity index (χ4v) is 1.70. The molecule has 0 aliphatic carbocycles. The molecule has 1 aromatic carbocycles. The molecule has 0 bridgehead atoms. The van der Waals surface area contributed by atoms with Gasteiger partial charge in [-0.15, -0.1) is 0 Å². The third-order valence-electron chi connectivity index (χ3n) is 2.54. The third kappa shape index (κ3) is 1.69. The van der Waals surface area contributed by atoms with E-state index in [4.69, 9.17) is 5.11 Å². The molecule has 82 valence electrons. The number of benzene rings is 1. The van der Waals surface area contributed by atoms with Gasteiger partial charge in [0, 0.05) is 18.7 Å². The summed E-state index contributed by atoms with van der Waals surface area (Å²) in [7, 11) is 0. The van der Waals surface area contributed by atoms with Gasteiger partial charge >= 0.3 is 0 Å². The lowest BCUT2D eigenvalue weighted by molar-refractivity contribution is -0.123. The number of carbonyl (C=O) groups is 2. The predicted octanol–water partition coefficient (Wildman–Crippen LogP) is 1.43. The highest BCUT2D eigenvalue weighted by Crippen LogP contribution is 2.21. The van der Waals surface area contributed by atoms with Crippen LogP contribution in [0.15, 0.2) is 42.2 Å². The smallest absolute Gasteiger partial charge is 0.265 e. The zero-order valence-electron chi connectivity index (χ0n) is 8.59. The second-order valence-corrected chi connectivity index (χ2v) is 3.51. The quantitative estimate of drug-likeness (QED) is 0.440. The van der Waals surface area contributed by atoms with Crippen molar-refractivity contribution < 1.29 is 14.7 Å². The summed E-state index contributed by atoms with van der Waals surface area (Å²) in [5, 5.41) is 8.87. The first-order chi connectivity index (χ1) is 7.74. The number of anilines is 1. The average molecular weight is 217 g/mol. The third-order valence-corrected chi connectivity index (χ3v) is 2.54. The van der Waals surface area contributed by atoms with Gasteiger partial charge in [-0.25, -0.2) is 0 Å². The number of rotatable bonds is 1. The average Bonchev–Trinajstić information content (AvgIpc) is 2.31. The minimum Gasteiger partial charge on any atom is -0.515 e. The molecule has 0 atom stereocenters. The Labute approximate surface area is 92.8 Å². The maximum absolute atomic E-state index is 11.8. The van der Waals surface area contributed by atoms with E-state index in [0.717, 1.165) is 5.69 Å². The molecule has 0 radical (unpaired) electrons. The van der Waals surface area contributed by atoms with E-state index in [0.29, 0.717) is 12.8 Å². The number of nitrogens with zero attached hydrogens (tertiary/aromatic N) is 1. The number of aliphatic hydroxyl groups excluding tert-OH is 1. The van der Waals surface area contributed by atoms with E-state index in [1.807, 2.05) is 18.2 Å². The van der Waals surface area contributed by atoms with Crippen LogP contribution in [0, 0.1) is 0 Å². The lowest BCUT2D eigenvalue weighted by Crippen LogP contribution is -2.41. The molecule has 1 aliphatic rings. The lowest BCUT2D eigenvalue weighted by atomic mass is 10.0. The SMILES string of the molecule is O=C1CCN(c2ccccc2)C(=O)C1=CO. The molecule has 0 saturated carbocycles. The molecular weight excluding hydrogens is 206 g/mol. The van der Waals surface area contributed by atoms with E-state index >= 15 is 0 Å². The molecule has 0 spiro atoms. The number of piperidine rings is 1. The Bertz CT molecular complexity index is 451. The monoisotopic (exact) mass is 217 g/mol. The van der Waals surface area contributed by atoms with Crippen molar-refractivity contribution in [3.8, 4) is 0 Å². The van der Waals surface area contributed by atoms with Crippen LogP contribution in [0.2, 0.25) is 0 Å². The lowest BCUT2D eigenvalue weighted by Gasteiger charge is -2.27. The van der Waals surface area contributed by atoms with Crippen molar-refractivity contribution in [3.05, 3.63) is 42.2 Å². The van der Waals surface area contributed by atoms with Crippen LogP contribution in [-0.2, 0) is 9.59 Å². The van der Waals surface area contributed by atoms with Crippen LogP contribution in [0.5, 0.6) is 0 Å². The molecule has 4 nitrogen and oxygen atoms in total. The molecule has 1 N–H and O–H groups in total. The van der Waals surface area contributed by atoms with Crippen molar-refractivity contribution in [3.63, 3.8) is 0 Å². The molecule has 1 fully saturated rings. The fourth-order valence-electron chi connectivity index (χ4n) is 1.70. The normalized spacial score (nSPS) is 19.2. The maximum Gasteiger partial charge on any atom is 0.265 e. The van der Waals surface area contributed by atoms with Gasteiger partial charge < -0.3 is 10.0 Å². The first kappa shape index (κ1) is 10.4. The number of hydrogen-bond acceptors (Lipinski definition) is 3. The van der Waals surface area contributed by atoms with Gasteiger partial charge in [-0.05, 0) is 12.1 Å². The van der Waals surface area contributed by atoms with Gasteiger partial charge in [0.05, 0.1) is 6.26 Å². The van der Waals surface area contributed by atoms with Crippen LogP contribution in [-0.4, -0.2) is 23.3 Å². The first-order valence-corrected chi connectivity index (χ1v) is 4.98. The Hall–Kier alpha value is -2.10. The van der Waals surface area contributed by atoms with Crippen molar-refractivity contribution >= 4 is 17.4 Å². The molecule has 2 rings (SSSR count). The standard InChI is InChI=1S/C12H11NO3/c14-8-10-11(15)6-7-13(12(10)16)9-4-2-1-3-5-9/h1-5,8,14H,6-7H2. The van der Waals surface area contributed by atoms with E-state index in [1.165, 1.54) is 4.90 Å². The van der Waals surface area contributed by atoms with Crippen molar-refractivity contribution in [2.75, 3.05) is 11.4 Å². The number of hydrogen-bond donors (Lipinski definition) is 1. The van der Waals surface area contributed by atoms with Gasteiger partial charge in [0.15, 0.2) is 5.78 Å². The van der Waals surface area contributed by atoms with Gasteiger partial charge in [0.1, 0.15) is 5.57 Å². The van der Waals surface area contributed by atoms with E-state index in [1.54, 1.807) is 12.1 Å². The van der Waals surface area contributed by atoms with Gasteiger partial charge in [-0.3, -0.25) is 9.59 Å². The van der Waals surface area contributed by atoms with Crippen molar-refractivity contribution in [1.29, 1.82) is 0 Å². The Morgan fingerprint density at radius 3 is 2.50 bits per heavy atom. The Morgan fingerprint density at radius 1 is 1.19 bits per heavy atom. The number of aliphatic hydroxyl groups is 1. The molecule has 1 heterocycles. The molecule has 0 unspecified atom stereocenters. The molecule has 0 aromatic heterocycles. The van der Waals surface area contributed by atoms with E-state index in [-0.39, 0.29) is 17.8 Å². The largest absolute Gasteiger partial charge is 0.515 e. The summed E-state index contributed by atoms with van der Waals surface area (Å²) in [6.07, 6.45) is 0.840. The highest BCUT2D eigenvalue weighted by molar-refractivity contribution is 6.26. The number of para-hydroxylation sites is 1. The topological polar surface area (TPSA) is 57.6 Å². The highest BCUT2D eigenvalue weighted by atomic mass is 16.2. The number of amides is 1. The van der Waals surface area contributed by atoms with Crippen LogP contribution in [0.1, 0.15) is 6.42 Å². The van der Waals surface area contributed by atoms with E-state index in [2.05, 4.69) is 0 Å². The van der Waals surface area contributed by atoms with Crippen LogP contribution < -0.4 is 4.90 Å². The van der Waals surface area contributed by atoms with Crippen LogP contribution in [0.25, 0.3) is 0 Å². The van der Waals surface area contributed by atoms with Crippen LogP contribution in [0.4, 0.5) is 5.69 Å². The van der Waals surface area contributed by atoms with Gasteiger partial charge in [-0.1, -0.05) is 18.2 Å². The fraction of sp³-hybridized carbons (Fsp3) is 0.167. The predicted molar refractivity (Wildman–Crippen MR) is 59.1 cm³/mol. The Morgan fingerprint density at radius 2 is 1.88 bits per heavy atom. The van der Waals surface area contributed by atoms with E-state index in [9.17, 15) is 9.59 Å². The minimum absolute atomic E-state index is 0.143. The number of carbonyl (C=O) groups excluding carboxylic acids is 2. The van der Waals surface area contributed by atoms with Gasteiger partial charge in [-0.2, -0.15) is 0 Å². The molecule has 4 heteroatoms. The highest BCUT2D eigenvalue weighted by Gasteiger charge is 2.30. The second-order valence-electron chi connectivity index (χ2n) is 3.51. The Kier molecular flexibility index (Phi) is 2.72. The zero-order chi connectivity index (χ0) is 11.5. The summed E-state index contributed by atoms with van der Waals surface area (Å²) < 4.78 is 0. The molecule has 1 saturated heterocycles. The van der Waals surface area contributed by atoms with Crippen LogP contribution in [0.3, 0.4) is 0 Å². The molecule has 1 amide bonds. The molecule has 1 aromatic rings. The summed E-state index contributed by atoms with van der Waals surface area (Å²) in [6.45, 7) is 0.360. The van der Waals surface area contributed by atoms with Crippen molar-refractivity contribution in [2.24, 2.45) is 0 Å². The first-order valence-electron chi connectivity index (χ1n) is 4.98. The van der Waals surface area contributed by atoms with Gasteiger partial charge in [0.25, 0.3) is 5.91 Å².